The number of carbonyl (C=O) groups is 2. The van der Waals surface area contributed by atoms with E-state index in [4.69, 9.17) is 4.74 Å². The van der Waals surface area contributed by atoms with Gasteiger partial charge >= 0.3 is 0 Å². The molecule has 0 heterocycles. The minimum absolute atomic E-state index is 0.00785. The number of amides is 2. The van der Waals surface area contributed by atoms with E-state index in [0.717, 1.165) is 0 Å². The molecule has 0 aliphatic heterocycles. The molecule has 0 saturated carbocycles. The molecule has 0 unspecified atom stereocenters. The highest BCUT2D eigenvalue weighted by Crippen LogP contribution is 2.20. The molecule has 2 amide bonds. The lowest BCUT2D eigenvalue weighted by atomic mass is 10.2. The Morgan fingerprint density at radius 3 is 2.50 bits per heavy atom. The third-order valence-electron chi connectivity index (χ3n) is 3.02. The van der Waals surface area contributed by atoms with Gasteiger partial charge in [-0.05, 0) is 42.5 Å². The molecule has 2 aromatic rings. The van der Waals surface area contributed by atoms with Crippen LogP contribution in [0, 0.1) is 5.82 Å². The van der Waals surface area contributed by atoms with Crippen molar-refractivity contribution in [2.24, 2.45) is 0 Å². The molecule has 0 aliphatic rings. The van der Waals surface area contributed by atoms with Crippen molar-refractivity contribution < 1.29 is 18.7 Å². The van der Waals surface area contributed by atoms with Crippen LogP contribution in [-0.4, -0.2) is 18.4 Å². The molecule has 6 heteroatoms. The van der Waals surface area contributed by atoms with Crippen LogP contribution in [0.15, 0.2) is 55.1 Å². The van der Waals surface area contributed by atoms with Crippen LogP contribution < -0.4 is 15.4 Å². The van der Waals surface area contributed by atoms with E-state index in [9.17, 15) is 14.0 Å². The van der Waals surface area contributed by atoms with Gasteiger partial charge in [-0.25, -0.2) is 4.39 Å². The first-order valence-electron chi connectivity index (χ1n) is 7.22. The van der Waals surface area contributed by atoms with Crippen LogP contribution in [0.4, 0.5) is 15.8 Å². The van der Waals surface area contributed by atoms with E-state index in [1.807, 2.05) is 0 Å². The first-order valence-corrected chi connectivity index (χ1v) is 7.22. The number of hydrogen-bond acceptors (Lipinski definition) is 3. The minimum atomic E-state index is -0.577. The van der Waals surface area contributed by atoms with Crippen LogP contribution in [0.5, 0.6) is 5.75 Å². The minimum Gasteiger partial charge on any atom is -0.490 e. The smallest absolute Gasteiger partial charge is 0.255 e. The van der Waals surface area contributed by atoms with Crippen LogP contribution in [0.25, 0.3) is 0 Å². The maximum atomic E-state index is 13.6. The SMILES string of the molecule is C=CCOc1ccc(C(=O)Nc2ccc(F)c(NC(C)=O)c2)cc1. The lowest BCUT2D eigenvalue weighted by molar-refractivity contribution is -0.114. The topological polar surface area (TPSA) is 67.4 Å². The highest BCUT2D eigenvalue weighted by Gasteiger charge is 2.09. The van der Waals surface area contributed by atoms with Crippen molar-refractivity contribution in [2.75, 3.05) is 17.2 Å². The molecule has 0 fully saturated rings. The van der Waals surface area contributed by atoms with Crippen molar-refractivity contribution >= 4 is 23.2 Å². The Morgan fingerprint density at radius 1 is 1.17 bits per heavy atom. The quantitative estimate of drug-likeness (QED) is 0.796. The van der Waals surface area contributed by atoms with Gasteiger partial charge in [-0.2, -0.15) is 0 Å². The normalized spacial score (nSPS) is 9.92. The number of ether oxygens (including phenoxy) is 1. The molecule has 5 nitrogen and oxygen atoms in total. The Kier molecular flexibility index (Phi) is 5.68. The Labute approximate surface area is 139 Å². The molecule has 24 heavy (non-hydrogen) atoms. The number of hydrogen-bond donors (Lipinski definition) is 2. The summed E-state index contributed by atoms with van der Waals surface area (Å²) in [5.41, 5.74) is 0.803. The molecule has 2 aromatic carbocycles. The van der Waals surface area contributed by atoms with E-state index in [-0.39, 0.29) is 11.6 Å². The summed E-state index contributed by atoms with van der Waals surface area (Å²) in [7, 11) is 0. The summed E-state index contributed by atoms with van der Waals surface area (Å²) < 4.78 is 18.9. The summed E-state index contributed by atoms with van der Waals surface area (Å²) in [6, 6.07) is 10.5. The van der Waals surface area contributed by atoms with Crippen LogP contribution in [-0.2, 0) is 4.79 Å². The zero-order chi connectivity index (χ0) is 17.5. The number of halogens is 1. The van der Waals surface area contributed by atoms with Gasteiger partial charge < -0.3 is 15.4 Å². The largest absolute Gasteiger partial charge is 0.490 e. The fourth-order valence-electron chi connectivity index (χ4n) is 1.95. The summed E-state index contributed by atoms with van der Waals surface area (Å²) >= 11 is 0. The molecule has 0 radical (unpaired) electrons. The van der Waals surface area contributed by atoms with Gasteiger partial charge in [-0.15, -0.1) is 0 Å². The molecule has 2 rings (SSSR count). The third-order valence-corrected chi connectivity index (χ3v) is 3.02. The van der Waals surface area contributed by atoms with Gasteiger partial charge in [0, 0.05) is 18.2 Å². The fraction of sp³-hybridized carbons (Fsp3) is 0.111. The van der Waals surface area contributed by atoms with Gasteiger partial charge in [0.25, 0.3) is 5.91 Å². The Balaban J connectivity index is 2.08. The number of anilines is 2. The Bertz CT molecular complexity index is 757. The van der Waals surface area contributed by atoms with Gasteiger partial charge in [-0.3, -0.25) is 9.59 Å². The maximum Gasteiger partial charge on any atom is 0.255 e. The van der Waals surface area contributed by atoms with Gasteiger partial charge in [0.1, 0.15) is 18.2 Å². The van der Waals surface area contributed by atoms with E-state index < -0.39 is 11.7 Å². The highest BCUT2D eigenvalue weighted by molar-refractivity contribution is 6.04. The first kappa shape index (κ1) is 17.2. The number of rotatable bonds is 6. The van der Waals surface area contributed by atoms with Gasteiger partial charge in [-0.1, -0.05) is 12.7 Å². The third kappa shape index (κ3) is 4.67. The van der Waals surface area contributed by atoms with E-state index >= 15 is 0 Å². The first-order chi connectivity index (χ1) is 11.5. The van der Waals surface area contributed by atoms with Gasteiger partial charge in [0.05, 0.1) is 5.69 Å². The predicted octanol–water partition coefficient (Wildman–Crippen LogP) is 3.60. The van der Waals surface area contributed by atoms with E-state index in [1.165, 1.54) is 25.1 Å². The summed E-state index contributed by atoms with van der Waals surface area (Å²) in [5.74, 6) is -0.703. The average Bonchev–Trinajstić information content (AvgIpc) is 2.56. The molecule has 0 bridgehead atoms. The standard InChI is InChI=1S/C18H17FN2O3/c1-3-10-24-15-7-4-13(5-8-15)18(23)21-14-6-9-16(19)17(11-14)20-12(2)22/h3-9,11H,1,10H2,2H3,(H,20,22)(H,21,23). The number of carbonyl (C=O) groups excluding carboxylic acids is 2. The molecule has 124 valence electrons. The Hall–Kier alpha value is -3.15. The van der Waals surface area contributed by atoms with E-state index in [1.54, 1.807) is 30.3 Å². The number of nitrogens with one attached hydrogen (secondary N) is 2. The Morgan fingerprint density at radius 2 is 1.88 bits per heavy atom. The second kappa shape index (κ2) is 7.92. The van der Waals surface area contributed by atoms with Crippen LogP contribution in [0.3, 0.4) is 0 Å². The summed E-state index contributed by atoms with van der Waals surface area (Å²) in [5, 5.41) is 5.01. The molecule has 0 saturated heterocycles. The summed E-state index contributed by atoms with van der Waals surface area (Å²) in [4.78, 5) is 23.3. The molecular weight excluding hydrogens is 311 g/mol. The van der Waals surface area contributed by atoms with Crippen molar-refractivity contribution in [3.63, 3.8) is 0 Å². The van der Waals surface area contributed by atoms with Crippen LogP contribution in [0.1, 0.15) is 17.3 Å². The molecule has 0 aliphatic carbocycles. The second-order valence-corrected chi connectivity index (χ2v) is 4.95. The lowest BCUT2D eigenvalue weighted by Gasteiger charge is -2.09. The molecule has 0 atom stereocenters. The van der Waals surface area contributed by atoms with Crippen molar-refractivity contribution in [1.29, 1.82) is 0 Å². The monoisotopic (exact) mass is 328 g/mol. The molecule has 0 aromatic heterocycles. The molecular formula is C18H17FN2O3. The predicted molar refractivity (Wildman–Crippen MR) is 90.8 cm³/mol. The zero-order valence-corrected chi connectivity index (χ0v) is 13.1. The second-order valence-electron chi connectivity index (χ2n) is 4.95. The van der Waals surface area contributed by atoms with Crippen molar-refractivity contribution in [2.45, 2.75) is 6.92 Å². The molecule has 0 spiro atoms. The van der Waals surface area contributed by atoms with Crippen LogP contribution in [0.2, 0.25) is 0 Å². The highest BCUT2D eigenvalue weighted by atomic mass is 19.1. The van der Waals surface area contributed by atoms with Crippen molar-refractivity contribution in [3.05, 3.63) is 66.5 Å². The summed E-state index contributed by atoms with van der Waals surface area (Å²) in [6.07, 6.45) is 1.63. The van der Waals surface area contributed by atoms with Crippen LogP contribution >= 0.6 is 0 Å². The molecule has 2 N–H and O–H groups in total. The van der Waals surface area contributed by atoms with E-state index in [2.05, 4.69) is 17.2 Å². The van der Waals surface area contributed by atoms with E-state index in [0.29, 0.717) is 23.6 Å². The van der Waals surface area contributed by atoms with Gasteiger partial charge in [0.2, 0.25) is 5.91 Å². The van der Waals surface area contributed by atoms with Gasteiger partial charge in [0.15, 0.2) is 0 Å². The zero-order valence-electron chi connectivity index (χ0n) is 13.1. The summed E-state index contributed by atoms with van der Waals surface area (Å²) in [6.45, 7) is 5.22. The van der Waals surface area contributed by atoms with Crippen molar-refractivity contribution in [3.8, 4) is 5.75 Å². The maximum absolute atomic E-state index is 13.6. The fourth-order valence-corrected chi connectivity index (χ4v) is 1.95. The lowest BCUT2D eigenvalue weighted by Crippen LogP contribution is -2.13. The van der Waals surface area contributed by atoms with Crippen molar-refractivity contribution in [1.82, 2.24) is 0 Å². The number of benzene rings is 2. The average molecular weight is 328 g/mol.